The molecular weight excluding hydrogens is 625 g/mol. The van der Waals surface area contributed by atoms with Gasteiger partial charge >= 0.3 is 0 Å². The Morgan fingerprint density at radius 3 is 1.41 bits per heavy atom. The monoisotopic (exact) mass is 656 g/mol. The summed E-state index contributed by atoms with van der Waals surface area (Å²) in [6, 6.07) is 61.1. The molecule has 51 heavy (non-hydrogen) atoms. The minimum absolute atomic E-state index is 0.0389. The summed E-state index contributed by atoms with van der Waals surface area (Å²) in [6.45, 7) is 0.591. The highest BCUT2D eigenvalue weighted by molar-refractivity contribution is 6.29. The van der Waals surface area contributed by atoms with E-state index >= 15 is 0 Å². The SMILES string of the molecule is O=C1c2cccc3c(-c4ccccc4)ccc(c23)N1Cc1ccccc1.O=C1c2cccc3c(-c4ccccc4)ccc(c23)N1c1ccccc1. The van der Waals surface area contributed by atoms with Crippen LogP contribution in [0.25, 0.3) is 43.8 Å². The molecule has 242 valence electrons. The maximum Gasteiger partial charge on any atom is 0.263 e. The van der Waals surface area contributed by atoms with E-state index < -0.39 is 0 Å². The molecule has 4 nitrogen and oxygen atoms in total. The zero-order chi connectivity index (χ0) is 34.3. The number of rotatable bonds is 5. The summed E-state index contributed by atoms with van der Waals surface area (Å²) in [5, 5.41) is 4.36. The van der Waals surface area contributed by atoms with Crippen molar-refractivity contribution < 1.29 is 9.59 Å². The molecule has 2 aliphatic heterocycles. The van der Waals surface area contributed by atoms with E-state index in [1.807, 2.05) is 119 Å². The molecule has 0 atom stereocenters. The van der Waals surface area contributed by atoms with Crippen LogP contribution in [0.2, 0.25) is 0 Å². The van der Waals surface area contributed by atoms with E-state index in [2.05, 4.69) is 72.8 Å². The summed E-state index contributed by atoms with van der Waals surface area (Å²) in [5.41, 5.74) is 10.2. The van der Waals surface area contributed by atoms with Crippen molar-refractivity contribution in [2.75, 3.05) is 9.80 Å². The quantitative estimate of drug-likeness (QED) is 0.185. The second kappa shape index (κ2) is 12.6. The summed E-state index contributed by atoms with van der Waals surface area (Å²) < 4.78 is 0. The van der Waals surface area contributed by atoms with Gasteiger partial charge in [-0.05, 0) is 75.0 Å². The van der Waals surface area contributed by atoms with Crippen LogP contribution in [0.15, 0.2) is 182 Å². The number of anilines is 3. The zero-order valence-corrected chi connectivity index (χ0v) is 27.7. The molecular formula is C47H32N2O2. The minimum atomic E-state index is 0.0389. The average Bonchev–Trinajstić information content (AvgIpc) is 3.64. The third kappa shape index (κ3) is 5.17. The maximum atomic E-state index is 13.1. The van der Waals surface area contributed by atoms with Crippen LogP contribution in [0, 0.1) is 0 Å². The highest BCUT2D eigenvalue weighted by atomic mass is 16.2. The molecule has 2 amide bonds. The van der Waals surface area contributed by atoms with Crippen LogP contribution in [-0.4, -0.2) is 11.8 Å². The van der Waals surface area contributed by atoms with E-state index in [1.54, 1.807) is 0 Å². The van der Waals surface area contributed by atoms with Crippen molar-refractivity contribution in [2.24, 2.45) is 0 Å². The van der Waals surface area contributed by atoms with E-state index in [1.165, 1.54) is 11.1 Å². The van der Waals surface area contributed by atoms with E-state index in [4.69, 9.17) is 0 Å². The van der Waals surface area contributed by atoms with Crippen LogP contribution in [0.4, 0.5) is 17.1 Å². The van der Waals surface area contributed by atoms with E-state index in [0.717, 1.165) is 66.4 Å². The molecule has 0 bridgehead atoms. The first-order chi connectivity index (χ1) is 25.2. The molecule has 8 aromatic rings. The van der Waals surface area contributed by atoms with Crippen LogP contribution in [-0.2, 0) is 6.54 Å². The lowest BCUT2D eigenvalue weighted by atomic mass is 9.96. The highest BCUT2D eigenvalue weighted by Crippen LogP contribution is 2.45. The van der Waals surface area contributed by atoms with Crippen LogP contribution < -0.4 is 9.80 Å². The van der Waals surface area contributed by atoms with Gasteiger partial charge in [-0.15, -0.1) is 0 Å². The van der Waals surface area contributed by atoms with Crippen LogP contribution in [0.5, 0.6) is 0 Å². The predicted octanol–water partition coefficient (Wildman–Crippen LogP) is 11.5. The molecule has 2 aliphatic rings. The lowest BCUT2D eigenvalue weighted by Crippen LogP contribution is -2.25. The maximum absolute atomic E-state index is 13.1. The smallest absolute Gasteiger partial charge is 0.263 e. The molecule has 4 heteroatoms. The zero-order valence-electron chi connectivity index (χ0n) is 27.7. The van der Waals surface area contributed by atoms with Gasteiger partial charge in [0.15, 0.2) is 0 Å². The summed E-state index contributed by atoms with van der Waals surface area (Å²) in [6.07, 6.45) is 0. The van der Waals surface area contributed by atoms with E-state index in [-0.39, 0.29) is 11.8 Å². The van der Waals surface area contributed by atoms with Crippen LogP contribution >= 0.6 is 0 Å². The first-order valence-electron chi connectivity index (χ1n) is 17.1. The van der Waals surface area contributed by atoms with Gasteiger partial charge in [-0.3, -0.25) is 14.5 Å². The number of carbonyl (C=O) groups excluding carboxylic acids is 2. The molecule has 2 heterocycles. The van der Waals surface area contributed by atoms with Crippen molar-refractivity contribution in [1.82, 2.24) is 0 Å². The Bertz CT molecular complexity index is 2580. The number of benzene rings is 8. The van der Waals surface area contributed by atoms with Gasteiger partial charge in [-0.1, -0.05) is 146 Å². The molecule has 0 aliphatic carbocycles. The molecule has 10 rings (SSSR count). The second-order valence-electron chi connectivity index (χ2n) is 12.8. The molecule has 0 fully saturated rings. The number of hydrogen-bond donors (Lipinski definition) is 0. The van der Waals surface area contributed by atoms with Gasteiger partial charge in [0.05, 0.1) is 23.5 Å². The number of para-hydroxylation sites is 1. The van der Waals surface area contributed by atoms with Gasteiger partial charge in [0, 0.05) is 22.0 Å². The molecule has 0 radical (unpaired) electrons. The van der Waals surface area contributed by atoms with Crippen LogP contribution in [0.3, 0.4) is 0 Å². The molecule has 0 aromatic heterocycles. The number of carbonyl (C=O) groups is 2. The molecule has 0 N–H and O–H groups in total. The molecule has 8 aromatic carbocycles. The second-order valence-corrected chi connectivity index (χ2v) is 12.8. The van der Waals surface area contributed by atoms with Gasteiger partial charge in [0.1, 0.15) is 0 Å². The fraction of sp³-hybridized carbons (Fsp3) is 0.0213. The lowest BCUT2D eigenvalue weighted by molar-refractivity contribution is 0.0988. The van der Waals surface area contributed by atoms with Crippen LogP contribution in [0.1, 0.15) is 26.3 Å². The first-order valence-corrected chi connectivity index (χ1v) is 17.1. The standard InChI is InChI=1S/C24H17NO.C23H15NO/c26-24-21-13-7-12-20-19(18-10-5-2-6-11-18)14-15-22(23(20)21)25(24)16-17-8-3-1-4-9-17;25-23-20-13-7-12-19-18(16-8-3-1-4-9-16)14-15-21(22(19)20)24(23)17-10-5-2-6-11-17/h1-15H,16H2;1-15H. The summed E-state index contributed by atoms with van der Waals surface area (Å²) >= 11 is 0. The molecule has 0 saturated heterocycles. The summed E-state index contributed by atoms with van der Waals surface area (Å²) in [4.78, 5) is 29.8. The van der Waals surface area contributed by atoms with E-state index in [0.29, 0.717) is 6.54 Å². The minimum Gasteiger partial charge on any atom is -0.303 e. The van der Waals surface area contributed by atoms with Gasteiger partial charge in [0.25, 0.3) is 11.8 Å². The Labute approximate surface area is 296 Å². The Morgan fingerprint density at radius 1 is 0.373 bits per heavy atom. The average molecular weight is 657 g/mol. The number of amides is 2. The highest BCUT2D eigenvalue weighted by Gasteiger charge is 2.32. The Kier molecular flexibility index (Phi) is 7.48. The van der Waals surface area contributed by atoms with E-state index in [9.17, 15) is 9.59 Å². The number of nitrogens with zero attached hydrogens (tertiary/aromatic N) is 2. The van der Waals surface area contributed by atoms with Gasteiger partial charge in [0.2, 0.25) is 0 Å². The van der Waals surface area contributed by atoms with Crippen molar-refractivity contribution >= 4 is 50.4 Å². The van der Waals surface area contributed by atoms with Crippen molar-refractivity contribution in [3.8, 4) is 22.3 Å². The van der Waals surface area contributed by atoms with Crippen molar-refractivity contribution in [2.45, 2.75) is 6.54 Å². The Hall–Kier alpha value is -6.78. The summed E-state index contributed by atoms with van der Waals surface area (Å²) in [7, 11) is 0. The third-order valence-corrected chi connectivity index (χ3v) is 9.85. The van der Waals surface area contributed by atoms with Crippen molar-refractivity contribution in [3.05, 3.63) is 199 Å². The normalized spacial score (nSPS) is 12.8. The topological polar surface area (TPSA) is 40.6 Å². The first kappa shape index (κ1) is 30.3. The van der Waals surface area contributed by atoms with Crippen molar-refractivity contribution in [3.63, 3.8) is 0 Å². The summed E-state index contributed by atoms with van der Waals surface area (Å²) in [5.74, 6) is 0.122. The predicted molar refractivity (Wildman–Crippen MR) is 209 cm³/mol. The lowest BCUT2D eigenvalue weighted by Gasteiger charge is -2.18. The fourth-order valence-electron chi connectivity index (χ4n) is 7.52. The Balaban J connectivity index is 0.000000137. The fourth-order valence-corrected chi connectivity index (χ4v) is 7.52. The van der Waals surface area contributed by atoms with Crippen molar-refractivity contribution in [1.29, 1.82) is 0 Å². The molecule has 0 saturated carbocycles. The van der Waals surface area contributed by atoms with Gasteiger partial charge in [-0.2, -0.15) is 0 Å². The molecule has 0 unspecified atom stereocenters. The van der Waals surface area contributed by atoms with Gasteiger partial charge in [-0.25, -0.2) is 0 Å². The molecule has 0 spiro atoms. The number of hydrogen-bond acceptors (Lipinski definition) is 2. The largest absolute Gasteiger partial charge is 0.303 e. The third-order valence-electron chi connectivity index (χ3n) is 9.85. The van der Waals surface area contributed by atoms with Gasteiger partial charge < -0.3 is 4.90 Å². The Morgan fingerprint density at radius 2 is 0.843 bits per heavy atom.